The number of anilines is 1. The Bertz CT molecular complexity index is 967. The molecule has 160 valence electrons. The van der Waals surface area contributed by atoms with Crippen LogP contribution in [0.3, 0.4) is 0 Å². The van der Waals surface area contributed by atoms with Gasteiger partial charge in [0, 0.05) is 36.8 Å². The molecule has 0 radical (unpaired) electrons. The highest BCUT2D eigenvalue weighted by atomic mass is 32.2. The van der Waals surface area contributed by atoms with Crippen molar-refractivity contribution in [3.05, 3.63) is 60.2 Å². The third kappa shape index (κ3) is 5.38. The topological polar surface area (TPSA) is 95.6 Å². The number of amides is 2. The van der Waals surface area contributed by atoms with E-state index in [4.69, 9.17) is 0 Å². The van der Waals surface area contributed by atoms with Crippen molar-refractivity contribution in [3.63, 3.8) is 0 Å². The van der Waals surface area contributed by atoms with E-state index in [1.54, 1.807) is 47.4 Å². The zero-order chi connectivity index (χ0) is 21.6. The number of benzene rings is 2. The van der Waals surface area contributed by atoms with Crippen LogP contribution in [-0.4, -0.2) is 44.8 Å². The predicted molar refractivity (Wildman–Crippen MR) is 116 cm³/mol. The molecule has 2 N–H and O–H groups in total. The van der Waals surface area contributed by atoms with Crippen molar-refractivity contribution in [3.8, 4) is 0 Å². The van der Waals surface area contributed by atoms with Crippen molar-refractivity contribution >= 4 is 27.5 Å². The number of nitrogens with zero attached hydrogens (tertiary/aromatic N) is 1. The smallest absolute Gasteiger partial charge is 0.261 e. The van der Waals surface area contributed by atoms with Crippen LogP contribution in [0.5, 0.6) is 0 Å². The van der Waals surface area contributed by atoms with Gasteiger partial charge in [-0.15, -0.1) is 0 Å². The zero-order valence-electron chi connectivity index (χ0n) is 17.0. The second-order valence-electron chi connectivity index (χ2n) is 7.35. The molecule has 0 saturated carbocycles. The average Bonchev–Trinajstić information content (AvgIpc) is 2.78. The van der Waals surface area contributed by atoms with Crippen molar-refractivity contribution in [1.82, 2.24) is 10.2 Å². The van der Waals surface area contributed by atoms with Crippen LogP contribution in [0.25, 0.3) is 0 Å². The number of sulfonamides is 1. The van der Waals surface area contributed by atoms with Crippen LogP contribution in [0.1, 0.15) is 36.5 Å². The normalized spacial score (nSPS) is 14.9. The minimum absolute atomic E-state index is 0.0460. The quantitative estimate of drug-likeness (QED) is 0.707. The molecule has 8 heteroatoms. The molecule has 30 heavy (non-hydrogen) atoms. The Morgan fingerprint density at radius 1 is 1.00 bits per heavy atom. The Balaban J connectivity index is 1.58. The molecule has 1 fully saturated rings. The first-order chi connectivity index (χ1) is 14.4. The Hall–Kier alpha value is -2.87. The van der Waals surface area contributed by atoms with Crippen LogP contribution in [-0.2, 0) is 14.8 Å². The number of carbonyl (C=O) groups is 2. The summed E-state index contributed by atoms with van der Waals surface area (Å²) in [4.78, 5) is 26.8. The Labute approximate surface area is 177 Å². The first-order valence-corrected chi connectivity index (χ1v) is 11.6. The molecule has 1 saturated heterocycles. The molecule has 7 nitrogen and oxygen atoms in total. The van der Waals surface area contributed by atoms with E-state index in [0.29, 0.717) is 43.7 Å². The number of rotatable bonds is 7. The number of carbonyl (C=O) groups excluding carboxylic acids is 2. The van der Waals surface area contributed by atoms with E-state index in [1.165, 1.54) is 12.1 Å². The van der Waals surface area contributed by atoms with Gasteiger partial charge in [0.05, 0.1) is 4.90 Å². The first-order valence-electron chi connectivity index (χ1n) is 10.2. The van der Waals surface area contributed by atoms with Gasteiger partial charge in [0.15, 0.2) is 0 Å². The molecule has 0 unspecified atom stereocenters. The van der Waals surface area contributed by atoms with Crippen LogP contribution < -0.4 is 10.0 Å². The molecule has 1 heterocycles. The molecule has 0 spiro atoms. The van der Waals surface area contributed by atoms with Crippen molar-refractivity contribution < 1.29 is 18.0 Å². The van der Waals surface area contributed by atoms with Crippen molar-refractivity contribution in [2.24, 2.45) is 5.92 Å². The van der Waals surface area contributed by atoms with Crippen LogP contribution >= 0.6 is 0 Å². The lowest BCUT2D eigenvalue weighted by atomic mass is 9.95. The van der Waals surface area contributed by atoms with Gasteiger partial charge in [-0.3, -0.25) is 14.3 Å². The van der Waals surface area contributed by atoms with Gasteiger partial charge in [-0.1, -0.05) is 25.1 Å². The average molecular weight is 430 g/mol. The van der Waals surface area contributed by atoms with Crippen molar-refractivity contribution in [1.29, 1.82) is 0 Å². The van der Waals surface area contributed by atoms with Gasteiger partial charge in [-0.2, -0.15) is 0 Å². The van der Waals surface area contributed by atoms with E-state index in [0.717, 1.165) is 6.42 Å². The minimum atomic E-state index is -3.67. The van der Waals surface area contributed by atoms with Crippen LogP contribution in [0.2, 0.25) is 0 Å². The number of piperidine rings is 1. The van der Waals surface area contributed by atoms with Gasteiger partial charge in [-0.05, 0) is 55.7 Å². The third-order valence-corrected chi connectivity index (χ3v) is 6.54. The molecular formula is C22H27N3O4S. The fourth-order valence-corrected chi connectivity index (χ4v) is 4.49. The molecule has 2 aromatic rings. The van der Waals surface area contributed by atoms with E-state index in [9.17, 15) is 18.0 Å². The summed E-state index contributed by atoms with van der Waals surface area (Å²) in [5, 5.41) is 2.92. The van der Waals surface area contributed by atoms with E-state index >= 15 is 0 Å². The fraction of sp³-hybridized carbons (Fsp3) is 0.364. The van der Waals surface area contributed by atoms with Gasteiger partial charge >= 0.3 is 0 Å². The molecule has 1 aliphatic heterocycles. The van der Waals surface area contributed by atoms with Gasteiger partial charge in [-0.25, -0.2) is 8.42 Å². The maximum Gasteiger partial charge on any atom is 0.261 e. The number of nitrogens with one attached hydrogen (secondary N) is 2. The minimum Gasteiger partial charge on any atom is -0.356 e. The highest BCUT2D eigenvalue weighted by Crippen LogP contribution is 2.21. The number of hydrogen-bond donors (Lipinski definition) is 2. The van der Waals surface area contributed by atoms with E-state index in [-0.39, 0.29) is 22.6 Å². The second kappa shape index (κ2) is 9.75. The molecule has 0 aliphatic carbocycles. The summed E-state index contributed by atoms with van der Waals surface area (Å²) in [7, 11) is -3.67. The van der Waals surface area contributed by atoms with Gasteiger partial charge in [0.25, 0.3) is 15.9 Å². The molecule has 0 atom stereocenters. The van der Waals surface area contributed by atoms with Crippen LogP contribution in [0, 0.1) is 5.92 Å². The predicted octanol–water partition coefficient (Wildman–Crippen LogP) is 2.87. The summed E-state index contributed by atoms with van der Waals surface area (Å²) in [5.41, 5.74) is 0.883. The standard InChI is InChI=1S/C22H27N3O4S/c1-2-14-23-21(26)17-12-15-25(16-13-17)22(27)18-8-10-19(11-9-18)24-30(28,29)20-6-4-3-5-7-20/h3-11,17,24H,2,12-16H2,1H3,(H,23,26). The lowest BCUT2D eigenvalue weighted by Gasteiger charge is -2.31. The van der Waals surface area contributed by atoms with E-state index < -0.39 is 10.0 Å². The molecular weight excluding hydrogens is 402 g/mol. The summed E-state index contributed by atoms with van der Waals surface area (Å²) in [6, 6.07) is 14.5. The molecule has 2 aromatic carbocycles. The maximum absolute atomic E-state index is 12.8. The Kier molecular flexibility index (Phi) is 7.10. The summed E-state index contributed by atoms with van der Waals surface area (Å²) >= 11 is 0. The fourth-order valence-electron chi connectivity index (χ4n) is 3.41. The lowest BCUT2D eigenvalue weighted by molar-refractivity contribution is -0.126. The van der Waals surface area contributed by atoms with E-state index in [2.05, 4.69) is 10.0 Å². The first kappa shape index (κ1) is 21.8. The van der Waals surface area contributed by atoms with Crippen LogP contribution in [0.15, 0.2) is 59.5 Å². The monoisotopic (exact) mass is 429 g/mol. The highest BCUT2D eigenvalue weighted by molar-refractivity contribution is 7.92. The van der Waals surface area contributed by atoms with Gasteiger partial charge < -0.3 is 10.2 Å². The van der Waals surface area contributed by atoms with Crippen molar-refractivity contribution in [2.75, 3.05) is 24.4 Å². The van der Waals surface area contributed by atoms with Crippen LogP contribution in [0.4, 0.5) is 5.69 Å². The summed E-state index contributed by atoms with van der Waals surface area (Å²) in [6.07, 6.45) is 2.20. The molecule has 2 amide bonds. The number of hydrogen-bond acceptors (Lipinski definition) is 4. The Morgan fingerprint density at radius 2 is 1.63 bits per heavy atom. The molecule has 0 bridgehead atoms. The molecule has 3 rings (SSSR count). The second-order valence-corrected chi connectivity index (χ2v) is 9.04. The Morgan fingerprint density at radius 3 is 2.23 bits per heavy atom. The molecule has 1 aliphatic rings. The largest absolute Gasteiger partial charge is 0.356 e. The lowest BCUT2D eigenvalue weighted by Crippen LogP contribution is -2.43. The molecule has 0 aromatic heterocycles. The maximum atomic E-state index is 12.8. The summed E-state index contributed by atoms with van der Waals surface area (Å²) in [5.74, 6) is -0.0887. The van der Waals surface area contributed by atoms with Gasteiger partial charge in [0.2, 0.25) is 5.91 Å². The van der Waals surface area contributed by atoms with E-state index in [1.807, 2.05) is 6.92 Å². The third-order valence-electron chi connectivity index (χ3n) is 5.14. The SMILES string of the molecule is CCCNC(=O)C1CCN(C(=O)c2ccc(NS(=O)(=O)c3ccccc3)cc2)CC1. The van der Waals surface area contributed by atoms with Gasteiger partial charge in [0.1, 0.15) is 0 Å². The number of likely N-dealkylation sites (tertiary alicyclic amines) is 1. The summed E-state index contributed by atoms with van der Waals surface area (Å²) in [6.45, 7) is 3.76. The highest BCUT2D eigenvalue weighted by Gasteiger charge is 2.27. The zero-order valence-corrected chi connectivity index (χ0v) is 17.8. The van der Waals surface area contributed by atoms with Crippen molar-refractivity contribution in [2.45, 2.75) is 31.1 Å². The summed E-state index contributed by atoms with van der Waals surface area (Å²) < 4.78 is 27.3.